The second-order valence-corrected chi connectivity index (χ2v) is 23.8. The minimum absolute atomic E-state index is 1.21. The van der Waals surface area contributed by atoms with Crippen molar-refractivity contribution in [3.63, 3.8) is 0 Å². The highest BCUT2D eigenvalue weighted by atomic mass is 32.3. The third-order valence-electron chi connectivity index (χ3n) is 14.6. The van der Waals surface area contributed by atoms with Crippen LogP contribution in [0.1, 0.15) is 5.56 Å². The molecule has 0 amide bonds. The molecule has 14 aromatic carbocycles. The summed E-state index contributed by atoms with van der Waals surface area (Å²) in [4.78, 5) is 7.81. The standard InChI is InChI=1S/C58H40S.C12H10S.C7H8/c1-4-25-45(26-5-1)59(46-27-6-2-7-28-46,47-29-8-3-9-30-47)48-37-38-55-56(40-48)58(52-36-18-22-42-20-11-13-32-50(42)52)54-34-15-14-33-53(54)57(55)44-24-16-23-43(39-44)51-35-17-21-41-19-10-12-31-49(41)51;1-3-7-11(8-4-1)13-12-9-5-2-6-10-12;1-7-5-3-2-4-6-7/h1-40H;1-10H;2-6H,1H3. The highest BCUT2D eigenvalue weighted by molar-refractivity contribution is 8.34. The molecule has 0 N–H and O–H groups in total. The van der Waals surface area contributed by atoms with E-state index in [9.17, 15) is 0 Å². The molecule has 14 rings (SSSR count). The summed E-state index contributed by atoms with van der Waals surface area (Å²) in [6.07, 6.45) is 0. The minimum atomic E-state index is -1.94. The van der Waals surface area contributed by atoms with Gasteiger partial charge in [-0.25, -0.2) is 0 Å². The van der Waals surface area contributed by atoms with E-state index in [2.05, 4.69) is 310 Å². The average Bonchev–Trinajstić information content (AvgIpc) is 3.52. The normalized spacial score (nSPS) is 11.4. The van der Waals surface area contributed by atoms with Gasteiger partial charge in [0, 0.05) is 29.4 Å². The number of hydrogen-bond donors (Lipinski definition) is 0. The maximum absolute atomic E-state index is 2.55. The Hall–Kier alpha value is -9.18. The maximum atomic E-state index is 2.55. The Morgan fingerprint density at radius 3 is 1.13 bits per heavy atom. The molecule has 79 heavy (non-hydrogen) atoms. The Morgan fingerprint density at radius 2 is 0.620 bits per heavy atom. The first kappa shape index (κ1) is 50.6. The molecule has 0 saturated heterocycles. The van der Waals surface area contributed by atoms with Crippen LogP contribution in [0, 0.1) is 6.92 Å². The van der Waals surface area contributed by atoms with Crippen LogP contribution < -0.4 is 0 Å². The van der Waals surface area contributed by atoms with Crippen LogP contribution >= 0.6 is 21.8 Å². The molecule has 0 aromatic heterocycles. The summed E-state index contributed by atoms with van der Waals surface area (Å²) in [5.41, 5.74) is 8.77. The second kappa shape index (κ2) is 23.6. The maximum Gasteiger partial charge on any atom is 0.0122 e. The van der Waals surface area contributed by atoms with Crippen LogP contribution in [0.15, 0.2) is 363 Å². The van der Waals surface area contributed by atoms with Gasteiger partial charge in [-0.15, -0.1) is 10.0 Å². The van der Waals surface area contributed by atoms with Crippen LogP contribution in [-0.4, -0.2) is 0 Å². The lowest BCUT2D eigenvalue weighted by Crippen LogP contribution is -2.05. The van der Waals surface area contributed by atoms with Gasteiger partial charge in [0.05, 0.1) is 0 Å². The largest absolute Gasteiger partial charge is 0.133 e. The number of fused-ring (bicyclic) bond motifs is 4. The molecule has 0 radical (unpaired) electrons. The zero-order chi connectivity index (χ0) is 53.2. The summed E-state index contributed by atoms with van der Waals surface area (Å²) < 4.78 is 0. The Labute approximate surface area is 470 Å². The van der Waals surface area contributed by atoms with Crippen molar-refractivity contribution in [3.8, 4) is 33.4 Å². The third kappa shape index (κ3) is 10.5. The van der Waals surface area contributed by atoms with E-state index in [4.69, 9.17) is 0 Å². The molecule has 0 aliphatic carbocycles. The van der Waals surface area contributed by atoms with Crippen molar-refractivity contribution in [2.24, 2.45) is 0 Å². The van der Waals surface area contributed by atoms with Crippen molar-refractivity contribution >= 4 is 64.9 Å². The lowest BCUT2D eigenvalue weighted by Gasteiger charge is -2.42. The van der Waals surface area contributed by atoms with Gasteiger partial charge in [-0.05, 0) is 162 Å². The topological polar surface area (TPSA) is 0 Å². The Kier molecular flexibility index (Phi) is 15.1. The quantitative estimate of drug-likeness (QED) is 0.130. The molecule has 0 spiro atoms. The van der Waals surface area contributed by atoms with Crippen LogP contribution in [0.2, 0.25) is 0 Å². The molecular weight excluding hydrogens is 989 g/mol. The zero-order valence-electron chi connectivity index (χ0n) is 44.1. The van der Waals surface area contributed by atoms with Crippen molar-refractivity contribution in [1.82, 2.24) is 0 Å². The predicted octanol–water partition coefficient (Wildman–Crippen LogP) is 22.5. The average molecular weight is 1050 g/mol. The lowest BCUT2D eigenvalue weighted by atomic mass is 9.84. The van der Waals surface area contributed by atoms with Crippen LogP contribution in [0.4, 0.5) is 0 Å². The van der Waals surface area contributed by atoms with Gasteiger partial charge in [-0.3, -0.25) is 0 Å². The smallest absolute Gasteiger partial charge is 0.0122 e. The summed E-state index contributed by atoms with van der Waals surface area (Å²) in [6.45, 7) is 2.08. The van der Waals surface area contributed by atoms with Gasteiger partial charge in [0.1, 0.15) is 0 Å². The molecule has 0 heterocycles. The van der Waals surface area contributed by atoms with Crippen molar-refractivity contribution < 1.29 is 0 Å². The number of rotatable bonds is 9. The molecule has 0 saturated carbocycles. The molecule has 0 unspecified atom stereocenters. The van der Waals surface area contributed by atoms with Crippen molar-refractivity contribution in [1.29, 1.82) is 0 Å². The van der Waals surface area contributed by atoms with Gasteiger partial charge in [-0.2, -0.15) is 0 Å². The summed E-state index contributed by atoms with van der Waals surface area (Å²) >= 11 is 1.79. The summed E-state index contributed by atoms with van der Waals surface area (Å²) in [5, 5.41) is 10.0. The van der Waals surface area contributed by atoms with Crippen molar-refractivity contribution in [2.45, 2.75) is 36.3 Å². The first-order valence-electron chi connectivity index (χ1n) is 27.0. The number of aryl methyl sites for hydroxylation is 1. The summed E-state index contributed by atoms with van der Waals surface area (Å²) in [7, 11) is -1.94. The van der Waals surface area contributed by atoms with E-state index in [1.165, 1.54) is 111 Å². The van der Waals surface area contributed by atoms with Gasteiger partial charge in [0.25, 0.3) is 0 Å². The number of benzene rings is 14. The van der Waals surface area contributed by atoms with Gasteiger partial charge in [-0.1, -0.05) is 272 Å². The van der Waals surface area contributed by atoms with Crippen molar-refractivity contribution in [3.05, 3.63) is 339 Å². The number of hydrogen-bond acceptors (Lipinski definition) is 1. The summed E-state index contributed by atoms with van der Waals surface area (Å²) in [5.74, 6) is 0. The SMILES string of the molecule is Cc1ccccc1.c1ccc(S(c2ccccc2)(c2ccccc2)c2ccc3c(-c4cccc(-c5cccc6ccccc56)c4)c4ccccc4c(-c4cccc5ccccc45)c3c2)cc1.c1ccc(Sc2ccccc2)cc1. The Morgan fingerprint density at radius 1 is 0.241 bits per heavy atom. The molecule has 2 heteroatoms. The molecule has 378 valence electrons. The summed E-state index contributed by atoms with van der Waals surface area (Å²) in [6, 6.07) is 121. The zero-order valence-corrected chi connectivity index (χ0v) is 45.7. The molecule has 0 atom stereocenters. The second-order valence-electron chi connectivity index (χ2n) is 19.6. The Balaban J connectivity index is 0.000000260. The fraction of sp³-hybridized carbons (Fsp3) is 0.0130. The van der Waals surface area contributed by atoms with Gasteiger partial charge in [0.2, 0.25) is 0 Å². The fourth-order valence-electron chi connectivity index (χ4n) is 11.0. The minimum Gasteiger partial charge on any atom is -0.133 e. The lowest BCUT2D eigenvalue weighted by molar-refractivity contribution is 1.25. The highest BCUT2D eigenvalue weighted by Gasteiger charge is 2.34. The monoisotopic (exact) mass is 1050 g/mol. The van der Waals surface area contributed by atoms with E-state index in [1.54, 1.807) is 11.8 Å². The van der Waals surface area contributed by atoms with E-state index < -0.39 is 10.0 Å². The highest BCUT2D eigenvalue weighted by Crippen LogP contribution is 2.73. The van der Waals surface area contributed by atoms with Crippen LogP contribution in [0.5, 0.6) is 0 Å². The predicted molar refractivity (Wildman–Crippen MR) is 341 cm³/mol. The molecule has 0 nitrogen and oxygen atoms in total. The van der Waals surface area contributed by atoms with E-state index in [0.29, 0.717) is 0 Å². The fourth-order valence-corrected chi connectivity index (χ4v) is 15.8. The van der Waals surface area contributed by atoms with Crippen molar-refractivity contribution in [2.75, 3.05) is 0 Å². The third-order valence-corrected chi connectivity index (χ3v) is 19.5. The Bertz CT molecular complexity index is 4170. The van der Waals surface area contributed by atoms with E-state index in [0.717, 1.165) is 0 Å². The van der Waals surface area contributed by atoms with Gasteiger partial charge < -0.3 is 0 Å². The molecule has 0 aliphatic rings. The first-order valence-corrected chi connectivity index (χ1v) is 29.4. The first-order chi connectivity index (χ1) is 39.1. The molecule has 0 fully saturated rings. The van der Waals surface area contributed by atoms with Crippen LogP contribution in [-0.2, 0) is 0 Å². The molecule has 0 aliphatic heterocycles. The molecule has 14 aromatic rings. The van der Waals surface area contributed by atoms with Gasteiger partial charge >= 0.3 is 0 Å². The van der Waals surface area contributed by atoms with Gasteiger partial charge in [0.15, 0.2) is 0 Å². The van der Waals surface area contributed by atoms with E-state index in [1.807, 2.05) is 30.3 Å². The molecule has 0 bridgehead atoms. The molecular formula is C77H58S2. The van der Waals surface area contributed by atoms with E-state index >= 15 is 0 Å². The van der Waals surface area contributed by atoms with Crippen LogP contribution in [0.3, 0.4) is 0 Å². The van der Waals surface area contributed by atoms with Crippen LogP contribution in [0.25, 0.3) is 76.5 Å². The van der Waals surface area contributed by atoms with E-state index in [-0.39, 0.29) is 0 Å².